The number of methoxy groups -OCH3 is 6. The van der Waals surface area contributed by atoms with Gasteiger partial charge in [-0.15, -0.1) is 0 Å². The summed E-state index contributed by atoms with van der Waals surface area (Å²) in [7, 11) is 14.0. The number of hydrogen-bond donors (Lipinski definition) is 0. The number of nitrogens with zero attached hydrogens (tertiary/aromatic N) is 2. The van der Waals surface area contributed by atoms with Crippen molar-refractivity contribution in [2.45, 2.75) is 89.0 Å². The van der Waals surface area contributed by atoms with Crippen LogP contribution in [-0.2, 0) is 28.4 Å². The first-order valence-corrected chi connectivity index (χ1v) is 13.0. The lowest BCUT2D eigenvalue weighted by Crippen LogP contribution is -2.39. The van der Waals surface area contributed by atoms with Gasteiger partial charge in [0.15, 0.2) is 0 Å². The lowest BCUT2D eigenvalue weighted by atomic mass is 10.1. The van der Waals surface area contributed by atoms with Crippen molar-refractivity contribution in [3.8, 4) is 0 Å². The first-order chi connectivity index (χ1) is 16.4. The van der Waals surface area contributed by atoms with Crippen LogP contribution in [-0.4, -0.2) is 105 Å². The van der Waals surface area contributed by atoms with E-state index in [1.54, 1.807) is 42.7 Å². The van der Waals surface area contributed by atoms with Gasteiger partial charge in [0.05, 0.1) is 0 Å². The Morgan fingerprint density at radius 1 is 0.382 bits per heavy atom. The Morgan fingerprint density at radius 3 is 0.853 bits per heavy atom. The quantitative estimate of drug-likeness (QED) is 0.134. The molecule has 0 aliphatic carbocycles. The van der Waals surface area contributed by atoms with E-state index >= 15 is 0 Å². The number of hydrogen-bond acceptors (Lipinski definition) is 8. The normalized spacial score (nSPS) is 12.9. The Labute approximate surface area is 210 Å². The molecule has 0 saturated heterocycles. The van der Waals surface area contributed by atoms with E-state index in [1.165, 1.54) is 64.2 Å². The minimum atomic E-state index is -0.921. The minimum Gasteiger partial charge on any atom is -0.331 e. The molecule has 0 rings (SSSR count). The highest BCUT2D eigenvalue weighted by Gasteiger charge is 2.30. The molecule has 0 fully saturated rings. The monoisotopic (exact) mass is 492 g/mol. The van der Waals surface area contributed by atoms with Gasteiger partial charge in [-0.05, 0) is 40.0 Å². The Hall–Kier alpha value is -0.320. The number of ether oxygens (including phenoxy) is 6. The summed E-state index contributed by atoms with van der Waals surface area (Å²) in [5, 5.41) is 0. The topological polar surface area (TPSA) is 61.9 Å². The number of unbranched alkanes of at least 4 members (excludes halogenated alkanes) is 9. The van der Waals surface area contributed by atoms with Crippen molar-refractivity contribution >= 4 is 0 Å². The summed E-state index contributed by atoms with van der Waals surface area (Å²) in [6.45, 7) is 3.98. The second kappa shape index (κ2) is 20.8. The van der Waals surface area contributed by atoms with Gasteiger partial charge in [0.2, 0.25) is 0 Å². The fraction of sp³-hybridized carbons (Fsp3) is 1.00. The van der Waals surface area contributed by atoms with Crippen LogP contribution in [0.3, 0.4) is 0 Å². The molecule has 0 atom stereocenters. The smallest absolute Gasteiger partial charge is 0.283 e. The molecule has 0 saturated carbocycles. The Kier molecular flexibility index (Phi) is 20.6. The summed E-state index contributed by atoms with van der Waals surface area (Å²) in [6, 6.07) is 0. The van der Waals surface area contributed by atoms with Crippen LogP contribution in [0.15, 0.2) is 0 Å². The molecule has 0 aromatic rings. The van der Waals surface area contributed by atoms with E-state index in [9.17, 15) is 0 Å². The Morgan fingerprint density at radius 2 is 0.618 bits per heavy atom. The standard InChI is InChI=1S/C26H56N2O6/c1-27(23-19-25(29-3,30-4)31-5)21-17-15-13-11-9-10-12-14-16-18-22-28(2)24-20-26(32-6,33-7)34-8/h9-24H2,1-8H3. The summed E-state index contributed by atoms with van der Waals surface area (Å²) in [5.74, 6) is -1.84. The zero-order chi connectivity index (χ0) is 25.7. The van der Waals surface area contributed by atoms with E-state index in [0.29, 0.717) is 12.8 Å². The Bertz CT molecular complexity index is 390. The van der Waals surface area contributed by atoms with Crippen LogP contribution in [0.1, 0.15) is 77.0 Å². The van der Waals surface area contributed by atoms with Gasteiger partial charge in [-0.2, -0.15) is 0 Å². The van der Waals surface area contributed by atoms with Gasteiger partial charge in [0, 0.05) is 68.6 Å². The average molecular weight is 493 g/mol. The summed E-state index contributed by atoms with van der Waals surface area (Å²) >= 11 is 0. The van der Waals surface area contributed by atoms with Crippen LogP contribution in [0, 0.1) is 0 Å². The lowest BCUT2D eigenvalue weighted by Gasteiger charge is -2.30. The molecule has 0 heterocycles. The molecule has 0 aromatic carbocycles. The van der Waals surface area contributed by atoms with Crippen LogP contribution in [0.5, 0.6) is 0 Å². The molecular formula is C26H56N2O6. The van der Waals surface area contributed by atoms with E-state index in [4.69, 9.17) is 28.4 Å². The highest BCUT2D eigenvalue weighted by Crippen LogP contribution is 2.19. The van der Waals surface area contributed by atoms with Crippen LogP contribution >= 0.6 is 0 Å². The second-order valence-corrected chi connectivity index (χ2v) is 9.23. The zero-order valence-corrected chi connectivity index (χ0v) is 23.7. The summed E-state index contributed by atoms with van der Waals surface area (Å²) < 4.78 is 32.1. The molecule has 0 unspecified atom stereocenters. The van der Waals surface area contributed by atoms with Crippen molar-refractivity contribution in [1.29, 1.82) is 0 Å². The molecule has 0 aromatic heterocycles. The maximum atomic E-state index is 5.36. The Balaban J connectivity index is 3.56. The summed E-state index contributed by atoms with van der Waals surface area (Å²) in [6.07, 6.45) is 14.6. The van der Waals surface area contributed by atoms with E-state index in [2.05, 4.69) is 23.9 Å². The van der Waals surface area contributed by atoms with Gasteiger partial charge < -0.3 is 38.2 Å². The van der Waals surface area contributed by atoms with E-state index in [0.717, 1.165) is 26.2 Å². The highest BCUT2D eigenvalue weighted by molar-refractivity contribution is 4.62. The van der Waals surface area contributed by atoms with Crippen molar-refractivity contribution in [3.63, 3.8) is 0 Å². The van der Waals surface area contributed by atoms with Gasteiger partial charge in [-0.1, -0.05) is 51.4 Å². The average Bonchev–Trinajstić information content (AvgIpc) is 2.87. The van der Waals surface area contributed by atoms with E-state index in [1.807, 2.05) is 0 Å². The largest absolute Gasteiger partial charge is 0.331 e. The maximum absolute atomic E-state index is 5.36. The van der Waals surface area contributed by atoms with Gasteiger partial charge in [0.1, 0.15) is 0 Å². The molecule has 0 spiro atoms. The second-order valence-electron chi connectivity index (χ2n) is 9.23. The van der Waals surface area contributed by atoms with Crippen molar-refractivity contribution in [1.82, 2.24) is 9.80 Å². The zero-order valence-electron chi connectivity index (χ0n) is 23.7. The molecule has 8 heteroatoms. The first kappa shape index (κ1) is 33.7. The molecule has 0 N–H and O–H groups in total. The third kappa shape index (κ3) is 14.9. The van der Waals surface area contributed by atoms with Crippen molar-refractivity contribution in [2.24, 2.45) is 0 Å². The molecule has 206 valence electrons. The molecule has 8 nitrogen and oxygen atoms in total. The molecular weight excluding hydrogens is 436 g/mol. The molecule has 0 aliphatic heterocycles. The molecule has 0 aliphatic rings. The molecule has 0 amide bonds. The van der Waals surface area contributed by atoms with Gasteiger partial charge in [0.25, 0.3) is 11.9 Å². The summed E-state index contributed by atoms with van der Waals surface area (Å²) in [5.41, 5.74) is 0. The predicted molar refractivity (Wildman–Crippen MR) is 138 cm³/mol. The van der Waals surface area contributed by atoms with Crippen molar-refractivity contribution in [3.05, 3.63) is 0 Å². The number of rotatable bonds is 25. The van der Waals surface area contributed by atoms with Crippen molar-refractivity contribution < 1.29 is 28.4 Å². The third-order valence-electron chi connectivity index (χ3n) is 6.80. The first-order valence-electron chi connectivity index (χ1n) is 13.0. The highest BCUT2D eigenvalue weighted by atomic mass is 16.9. The fourth-order valence-electron chi connectivity index (χ4n) is 4.17. The van der Waals surface area contributed by atoms with Gasteiger partial charge in [-0.3, -0.25) is 0 Å². The molecule has 0 bridgehead atoms. The molecule has 0 radical (unpaired) electrons. The fourth-order valence-corrected chi connectivity index (χ4v) is 4.17. The van der Waals surface area contributed by atoms with Crippen LogP contribution in [0.2, 0.25) is 0 Å². The van der Waals surface area contributed by atoms with Gasteiger partial charge in [-0.25, -0.2) is 0 Å². The van der Waals surface area contributed by atoms with Gasteiger partial charge >= 0.3 is 0 Å². The van der Waals surface area contributed by atoms with Crippen LogP contribution < -0.4 is 0 Å². The van der Waals surface area contributed by atoms with E-state index < -0.39 is 11.9 Å². The van der Waals surface area contributed by atoms with Crippen molar-refractivity contribution in [2.75, 3.05) is 82.9 Å². The predicted octanol–water partition coefficient (Wildman–Crippen LogP) is 4.72. The molecule has 34 heavy (non-hydrogen) atoms. The lowest BCUT2D eigenvalue weighted by molar-refractivity contribution is -0.355. The van der Waals surface area contributed by atoms with Crippen LogP contribution in [0.25, 0.3) is 0 Å². The van der Waals surface area contributed by atoms with Crippen LogP contribution in [0.4, 0.5) is 0 Å². The van der Waals surface area contributed by atoms with E-state index in [-0.39, 0.29) is 0 Å². The summed E-state index contributed by atoms with van der Waals surface area (Å²) in [4.78, 5) is 4.65. The SMILES string of the molecule is COC(CCN(C)CCCCCCCCCCCCN(C)CCC(OC)(OC)OC)(OC)OC. The minimum absolute atomic E-state index is 0.694. The maximum Gasteiger partial charge on any atom is 0.283 e. The third-order valence-corrected chi connectivity index (χ3v) is 6.80.